The van der Waals surface area contributed by atoms with Crippen LogP contribution in [0.15, 0.2) is 72.8 Å². The van der Waals surface area contributed by atoms with Gasteiger partial charge in [0.25, 0.3) is 0 Å². The lowest BCUT2D eigenvalue weighted by Crippen LogP contribution is -2.10. The molecule has 0 saturated carbocycles. The van der Waals surface area contributed by atoms with Crippen molar-refractivity contribution >= 4 is 22.6 Å². The van der Waals surface area contributed by atoms with Gasteiger partial charge in [0.1, 0.15) is 12.4 Å². The van der Waals surface area contributed by atoms with Gasteiger partial charge in [0, 0.05) is 5.56 Å². The van der Waals surface area contributed by atoms with Crippen molar-refractivity contribution in [3.8, 4) is 22.9 Å². The molecule has 4 rings (SSSR count). The van der Waals surface area contributed by atoms with Crippen molar-refractivity contribution in [3.05, 3.63) is 77.8 Å². The molecule has 0 atom stereocenters. The van der Waals surface area contributed by atoms with Crippen molar-refractivity contribution in [2.75, 3.05) is 13.2 Å². The summed E-state index contributed by atoms with van der Waals surface area (Å²) in [5, 5.41) is 0.682. The van der Waals surface area contributed by atoms with Crippen molar-refractivity contribution in [2.45, 2.75) is 13.5 Å². The molecule has 5 heteroatoms. The van der Waals surface area contributed by atoms with Gasteiger partial charge in [-0.25, -0.2) is 4.98 Å². The number of nitrogens with zero attached hydrogens (tertiary/aromatic N) is 2. The normalized spacial score (nSPS) is 10.9. The van der Waals surface area contributed by atoms with Gasteiger partial charge in [-0.2, -0.15) is 0 Å². The predicted octanol–water partition coefficient (Wildman–Crippen LogP) is 5.83. The first kappa shape index (κ1) is 18.4. The van der Waals surface area contributed by atoms with E-state index in [-0.39, 0.29) is 0 Å². The molecule has 0 fully saturated rings. The molecule has 0 N–H and O–H groups in total. The minimum atomic E-state index is 0.488. The number of hydrogen-bond acceptors (Lipinski definition) is 3. The quantitative estimate of drug-likeness (QED) is 0.396. The van der Waals surface area contributed by atoms with Gasteiger partial charge in [-0.15, -0.1) is 0 Å². The fraction of sp³-hybridized carbons (Fsp3) is 0.174. The zero-order valence-corrected chi connectivity index (χ0v) is 16.4. The van der Waals surface area contributed by atoms with Crippen LogP contribution in [0.4, 0.5) is 0 Å². The van der Waals surface area contributed by atoms with Crippen molar-refractivity contribution in [3.63, 3.8) is 0 Å². The first-order valence-electron chi connectivity index (χ1n) is 9.32. The van der Waals surface area contributed by atoms with Crippen molar-refractivity contribution < 1.29 is 9.47 Å². The molecular weight excluding hydrogens is 372 g/mol. The molecule has 1 heterocycles. The molecular formula is C23H21ClN2O2. The van der Waals surface area contributed by atoms with E-state index >= 15 is 0 Å². The van der Waals surface area contributed by atoms with Gasteiger partial charge in [0.05, 0.1) is 29.2 Å². The Hall–Kier alpha value is -2.98. The lowest BCUT2D eigenvalue weighted by Gasteiger charge is -2.14. The summed E-state index contributed by atoms with van der Waals surface area (Å²) in [6, 6.07) is 23.6. The molecule has 4 nitrogen and oxygen atoms in total. The van der Waals surface area contributed by atoms with Crippen LogP contribution in [0.3, 0.4) is 0 Å². The summed E-state index contributed by atoms with van der Waals surface area (Å²) in [5.74, 6) is 2.34. The zero-order valence-electron chi connectivity index (χ0n) is 15.6. The molecule has 3 aromatic carbocycles. The summed E-state index contributed by atoms with van der Waals surface area (Å²) in [5.41, 5.74) is 2.90. The highest BCUT2D eigenvalue weighted by molar-refractivity contribution is 6.33. The second-order valence-corrected chi connectivity index (χ2v) is 6.69. The van der Waals surface area contributed by atoms with Crippen LogP contribution in [0.1, 0.15) is 6.92 Å². The molecule has 0 aliphatic heterocycles. The molecule has 0 unspecified atom stereocenters. The molecule has 4 aromatic rings. The van der Waals surface area contributed by atoms with E-state index in [2.05, 4.69) is 10.6 Å². The minimum absolute atomic E-state index is 0.488. The van der Waals surface area contributed by atoms with E-state index in [1.807, 2.05) is 73.7 Å². The van der Waals surface area contributed by atoms with Crippen LogP contribution in [0.5, 0.6) is 11.5 Å². The number of aromatic nitrogens is 2. The molecule has 0 saturated heterocycles. The predicted molar refractivity (Wildman–Crippen MR) is 113 cm³/mol. The van der Waals surface area contributed by atoms with E-state index in [4.69, 9.17) is 26.1 Å². The van der Waals surface area contributed by atoms with E-state index in [1.165, 1.54) is 0 Å². The summed E-state index contributed by atoms with van der Waals surface area (Å²) in [7, 11) is 0. The van der Waals surface area contributed by atoms with Crippen molar-refractivity contribution in [1.29, 1.82) is 0 Å². The Balaban J connectivity index is 1.64. The minimum Gasteiger partial charge on any atom is -0.490 e. The maximum Gasteiger partial charge on any atom is 0.161 e. The van der Waals surface area contributed by atoms with Crippen LogP contribution in [0, 0.1) is 0 Å². The average molecular weight is 393 g/mol. The third kappa shape index (κ3) is 3.69. The Labute approximate surface area is 169 Å². The van der Waals surface area contributed by atoms with Crippen LogP contribution in [-0.2, 0) is 6.54 Å². The molecule has 0 aliphatic rings. The number of rotatable bonds is 7. The molecule has 1 aromatic heterocycles. The van der Waals surface area contributed by atoms with Crippen LogP contribution in [0.25, 0.3) is 22.4 Å². The zero-order chi connectivity index (χ0) is 19.3. The SMILES string of the molecule is CCOc1ccccc1OCCn1c(-c2ccccc2Cl)nc2ccccc21. The first-order chi connectivity index (χ1) is 13.8. The van der Waals surface area contributed by atoms with Gasteiger partial charge in [0.15, 0.2) is 11.5 Å². The highest BCUT2D eigenvalue weighted by Crippen LogP contribution is 2.31. The lowest BCUT2D eigenvalue weighted by atomic mass is 10.2. The van der Waals surface area contributed by atoms with Crippen molar-refractivity contribution in [1.82, 2.24) is 9.55 Å². The number of benzene rings is 3. The number of ether oxygens (including phenoxy) is 2. The fourth-order valence-electron chi connectivity index (χ4n) is 3.24. The molecule has 0 amide bonds. The number of halogens is 1. The third-order valence-electron chi connectivity index (χ3n) is 4.49. The van der Waals surface area contributed by atoms with Gasteiger partial charge < -0.3 is 14.0 Å². The Morgan fingerprint density at radius 2 is 1.54 bits per heavy atom. The molecule has 0 aliphatic carbocycles. The number of imidazole rings is 1. The van der Waals surface area contributed by atoms with Crippen LogP contribution < -0.4 is 9.47 Å². The van der Waals surface area contributed by atoms with Gasteiger partial charge in [0.2, 0.25) is 0 Å². The summed E-state index contributed by atoms with van der Waals surface area (Å²) in [6.45, 7) is 3.69. The van der Waals surface area contributed by atoms with E-state index in [0.717, 1.165) is 33.9 Å². The van der Waals surface area contributed by atoms with Gasteiger partial charge in [-0.1, -0.05) is 48.0 Å². The monoisotopic (exact) mass is 392 g/mol. The average Bonchev–Trinajstić information content (AvgIpc) is 3.08. The summed E-state index contributed by atoms with van der Waals surface area (Å²) in [4.78, 5) is 4.81. The largest absolute Gasteiger partial charge is 0.490 e. The van der Waals surface area contributed by atoms with E-state index in [1.54, 1.807) is 0 Å². The number of para-hydroxylation sites is 4. The Morgan fingerprint density at radius 1 is 0.857 bits per heavy atom. The molecule has 0 spiro atoms. The van der Waals surface area contributed by atoms with Crippen LogP contribution in [0.2, 0.25) is 5.02 Å². The summed E-state index contributed by atoms with van der Waals surface area (Å²) in [6.07, 6.45) is 0. The second-order valence-electron chi connectivity index (χ2n) is 6.28. The van der Waals surface area contributed by atoms with E-state index < -0.39 is 0 Å². The van der Waals surface area contributed by atoms with Gasteiger partial charge in [-0.3, -0.25) is 0 Å². The Kier molecular flexibility index (Phi) is 5.49. The van der Waals surface area contributed by atoms with Crippen molar-refractivity contribution in [2.24, 2.45) is 0 Å². The number of hydrogen-bond donors (Lipinski definition) is 0. The molecule has 28 heavy (non-hydrogen) atoms. The third-order valence-corrected chi connectivity index (χ3v) is 4.82. The van der Waals surface area contributed by atoms with Gasteiger partial charge in [-0.05, 0) is 43.3 Å². The summed E-state index contributed by atoms with van der Waals surface area (Å²) >= 11 is 6.44. The molecule has 0 radical (unpaired) electrons. The maximum absolute atomic E-state index is 6.44. The topological polar surface area (TPSA) is 36.3 Å². The number of fused-ring (bicyclic) bond motifs is 1. The van der Waals surface area contributed by atoms with Crippen LogP contribution >= 0.6 is 11.6 Å². The Bertz CT molecular complexity index is 1090. The first-order valence-corrected chi connectivity index (χ1v) is 9.70. The van der Waals surface area contributed by atoms with E-state index in [0.29, 0.717) is 24.8 Å². The lowest BCUT2D eigenvalue weighted by molar-refractivity contribution is 0.268. The standard InChI is InChI=1S/C23H21ClN2O2/c1-2-27-21-13-7-8-14-22(21)28-16-15-26-20-12-6-5-11-19(20)25-23(26)17-9-3-4-10-18(17)24/h3-14H,2,15-16H2,1H3. The summed E-state index contributed by atoms with van der Waals surface area (Å²) < 4.78 is 13.8. The fourth-order valence-corrected chi connectivity index (χ4v) is 3.46. The highest BCUT2D eigenvalue weighted by Gasteiger charge is 2.15. The van der Waals surface area contributed by atoms with Crippen LogP contribution in [-0.4, -0.2) is 22.8 Å². The maximum atomic E-state index is 6.44. The molecule has 0 bridgehead atoms. The van der Waals surface area contributed by atoms with E-state index in [9.17, 15) is 0 Å². The smallest absolute Gasteiger partial charge is 0.161 e. The Morgan fingerprint density at radius 3 is 2.32 bits per heavy atom. The second kappa shape index (κ2) is 8.36. The highest BCUT2D eigenvalue weighted by atomic mass is 35.5. The van der Waals surface area contributed by atoms with Gasteiger partial charge >= 0.3 is 0 Å². The molecule has 142 valence electrons.